The van der Waals surface area contributed by atoms with Crippen molar-refractivity contribution in [3.05, 3.63) is 83.0 Å². The van der Waals surface area contributed by atoms with E-state index in [1.165, 1.54) is 47.7 Å². The molecule has 0 spiro atoms. The summed E-state index contributed by atoms with van der Waals surface area (Å²) >= 11 is 6.29. The van der Waals surface area contributed by atoms with Gasteiger partial charge in [-0.15, -0.1) is 0 Å². The molecule has 0 saturated heterocycles. The van der Waals surface area contributed by atoms with E-state index < -0.39 is 0 Å². The molecule has 1 saturated carbocycles. The molecule has 0 radical (unpaired) electrons. The fraction of sp³-hybridized carbons (Fsp3) is 0.407. The van der Waals surface area contributed by atoms with E-state index in [0.717, 1.165) is 18.1 Å². The number of hydrogen-bond acceptors (Lipinski definition) is 2. The quantitative estimate of drug-likeness (QED) is 0.496. The average Bonchev–Trinajstić information content (AvgIpc) is 3.23. The van der Waals surface area contributed by atoms with Crippen LogP contribution in [-0.4, -0.2) is 48.0 Å². The highest BCUT2D eigenvalue weighted by molar-refractivity contribution is 6.31. The number of hydrogen-bond donors (Lipinski definition) is 1. The normalized spacial score (nSPS) is 27.2. The van der Waals surface area contributed by atoms with Crippen LogP contribution in [0.3, 0.4) is 0 Å². The number of halogens is 1. The van der Waals surface area contributed by atoms with E-state index in [-0.39, 0.29) is 5.54 Å². The highest BCUT2D eigenvalue weighted by Gasteiger charge is 2.40. The first-order valence-electron chi connectivity index (χ1n) is 11.5. The van der Waals surface area contributed by atoms with Crippen LogP contribution in [0.2, 0.25) is 5.02 Å². The summed E-state index contributed by atoms with van der Waals surface area (Å²) in [4.78, 5) is 8.59. The van der Waals surface area contributed by atoms with Gasteiger partial charge in [0, 0.05) is 52.7 Å². The van der Waals surface area contributed by atoms with Crippen LogP contribution in [0.15, 0.2) is 66.9 Å². The first-order chi connectivity index (χ1) is 15.1. The van der Waals surface area contributed by atoms with Crippen molar-refractivity contribution in [1.29, 1.82) is 0 Å². The Balaban J connectivity index is 1.32. The standard InChI is InChI=1S/C27H32ClN3/c1-30(2)27(21-8-4-3-5-9-21)14-12-23(13-15-27)31-16-6-7-20(19-31)25-18-29-26-11-10-22(28)17-24(25)26/h3-11,17-18,20,23,29H,12-16,19H2,1-2H3. The minimum absolute atomic E-state index is 0.163. The lowest BCUT2D eigenvalue weighted by Crippen LogP contribution is -2.49. The van der Waals surface area contributed by atoms with E-state index in [0.29, 0.717) is 12.0 Å². The van der Waals surface area contributed by atoms with Gasteiger partial charge in [0.25, 0.3) is 0 Å². The van der Waals surface area contributed by atoms with E-state index in [1.807, 2.05) is 6.07 Å². The van der Waals surface area contributed by atoms with Crippen LogP contribution in [-0.2, 0) is 5.54 Å². The number of benzene rings is 2. The summed E-state index contributed by atoms with van der Waals surface area (Å²) in [5.74, 6) is 0.413. The summed E-state index contributed by atoms with van der Waals surface area (Å²) in [7, 11) is 4.49. The largest absolute Gasteiger partial charge is 0.361 e. The Morgan fingerprint density at radius 2 is 1.84 bits per heavy atom. The highest BCUT2D eigenvalue weighted by Crippen LogP contribution is 2.43. The smallest absolute Gasteiger partial charge is 0.0458 e. The van der Waals surface area contributed by atoms with E-state index in [9.17, 15) is 0 Å². The second kappa shape index (κ2) is 8.46. The number of aromatic nitrogens is 1. The maximum absolute atomic E-state index is 6.29. The third kappa shape index (κ3) is 3.84. The highest BCUT2D eigenvalue weighted by atomic mass is 35.5. The molecule has 1 aliphatic carbocycles. The zero-order chi connectivity index (χ0) is 21.4. The van der Waals surface area contributed by atoms with Gasteiger partial charge in [-0.1, -0.05) is 54.1 Å². The molecular weight excluding hydrogens is 402 g/mol. The third-order valence-corrected chi connectivity index (χ3v) is 7.92. The fourth-order valence-corrected chi connectivity index (χ4v) is 6.03. The molecule has 1 aromatic heterocycles. The van der Waals surface area contributed by atoms with E-state index in [4.69, 9.17) is 11.6 Å². The first-order valence-corrected chi connectivity index (χ1v) is 11.8. The van der Waals surface area contributed by atoms with Gasteiger partial charge in [0.2, 0.25) is 0 Å². The van der Waals surface area contributed by atoms with Crippen molar-refractivity contribution in [2.75, 3.05) is 27.2 Å². The lowest BCUT2D eigenvalue weighted by atomic mass is 9.73. The Hall–Kier alpha value is -2.07. The molecule has 31 heavy (non-hydrogen) atoms. The zero-order valence-electron chi connectivity index (χ0n) is 18.5. The number of fused-ring (bicyclic) bond motifs is 1. The zero-order valence-corrected chi connectivity index (χ0v) is 19.3. The average molecular weight is 434 g/mol. The number of nitrogens with zero attached hydrogens (tertiary/aromatic N) is 2. The molecule has 3 nitrogen and oxygen atoms in total. The number of nitrogens with one attached hydrogen (secondary N) is 1. The van der Waals surface area contributed by atoms with Crippen LogP contribution >= 0.6 is 11.6 Å². The van der Waals surface area contributed by atoms with Crippen LogP contribution < -0.4 is 0 Å². The predicted molar refractivity (Wildman–Crippen MR) is 131 cm³/mol. The molecule has 4 heteroatoms. The van der Waals surface area contributed by atoms with Gasteiger partial charge in [0.15, 0.2) is 0 Å². The molecular formula is C27H32ClN3. The number of aromatic amines is 1. The Morgan fingerprint density at radius 3 is 2.58 bits per heavy atom. The summed E-state index contributed by atoms with van der Waals surface area (Å²) in [6, 6.07) is 17.9. The number of rotatable bonds is 4. The topological polar surface area (TPSA) is 22.3 Å². The fourth-order valence-electron chi connectivity index (χ4n) is 5.86. The SMILES string of the molecule is CN(C)C1(c2ccccc2)CCC(N2CC=CC(c3c[nH]c4ccc(Cl)cc34)C2)CC1. The maximum Gasteiger partial charge on any atom is 0.0458 e. The molecule has 0 amide bonds. The van der Waals surface area contributed by atoms with Crippen LogP contribution in [0.4, 0.5) is 0 Å². The van der Waals surface area contributed by atoms with Crippen molar-refractivity contribution in [3.8, 4) is 0 Å². The van der Waals surface area contributed by atoms with Crippen LogP contribution in [0.1, 0.15) is 42.7 Å². The third-order valence-electron chi connectivity index (χ3n) is 7.68. The van der Waals surface area contributed by atoms with Crippen molar-refractivity contribution in [3.63, 3.8) is 0 Å². The van der Waals surface area contributed by atoms with E-state index in [2.05, 4.69) is 89.7 Å². The lowest BCUT2D eigenvalue weighted by molar-refractivity contribution is 0.0506. The number of H-pyrrole nitrogens is 1. The first kappa shape index (κ1) is 20.8. The van der Waals surface area contributed by atoms with Gasteiger partial charge in [-0.2, -0.15) is 0 Å². The van der Waals surface area contributed by atoms with E-state index in [1.54, 1.807) is 0 Å². The Morgan fingerprint density at radius 1 is 1.06 bits per heavy atom. The second-order valence-corrected chi connectivity index (χ2v) is 9.88. The monoisotopic (exact) mass is 433 g/mol. The molecule has 1 atom stereocenters. The predicted octanol–water partition coefficient (Wildman–Crippen LogP) is 6.18. The molecule has 1 fully saturated rings. The van der Waals surface area contributed by atoms with Crippen molar-refractivity contribution >= 4 is 22.5 Å². The molecule has 5 rings (SSSR count). The van der Waals surface area contributed by atoms with Crippen molar-refractivity contribution in [2.45, 2.75) is 43.2 Å². The van der Waals surface area contributed by atoms with Gasteiger partial charge >= 0.3 is 0 Å². The summed E-state index contributed by atoms with van der Waals surface area (Å²) in [5.41, 5.74) is 4.16. The van der Waals surface area contributed by atoms with Gasteiger partial charge < -0.3 is 4.98 Å². The molecule has 0 bridgehead atoms. The van der Waals surface area contributed by atoms with Crippen molar-refractivity contribution < 1.29 is 0 Å². The Labute approximate surface area is 190 Å². The molecule has 2 heterocycles. The summed E-state index contributed by atoms with van der Waals surface area (Å²) in [6.45, 7) is 2.14. The van der Waals surface area contributed by atoms with Crippen molar-refractivity contribution in [1.82, 2.24) is 14.8 Å². The molecule has 2 aliphatic rings. The Bertz CT molecular complexity index is 1060. The molecule has 162 valence electrons. The van der Waals surface area contributed by atoms with Gasteiger partial charge in [-0.05, 0) is 69.1 Å². The second-order valence-electron chi connectivity index (χ2n) is 9.45. The van der Waals surface area contributed by atoms with Crippen LogP contribution in [0, 0.1) is 0 Å². The summed E-state index contributed by atoms with van der Waals surface area (Å²) in [6.07, 6.45) is 11.8. The summed E-state index contributed by atoms with van der Waals surface area (Å²) < 4.78 is 0. The minimum Gasteiger partial charge on any atom is -0.361 e. The molecule has 1 aliphatic heterocycles. The van der Waals surface area contributed by atoms with Crippen LogP contribution in [0.25, 0.3) is 10.9 Å². The van der Waals surface area contributed by atoms with Crippen LogP contribution in [0.5, 0.6) is 0 Å². The van der Waals surface area contributed by atoms with Gasteiger partial charge in [-0.25, -0.2) is 0 Å². The molecule has 2 aromatic carbocycles. The van der Waals surface area contributed by atoms with Gasteiger partial charge in [0.1, 0.15) is 0 Å². The van der Waals surface area contributed by atoms with Crippen molar-refractivity contribution in [2.24, 2.45) is 0 Å². The Kier molecular flexibility index (Phi) is 5.68. The molecule has 1 N–H and O–H groups in total. The van der Waals surface area contributed by atoms with Gasteiger partial charge in [0.05, 0.1) is 0 Å². The maximum atomic E-state index is 6.29. The van der Waals surface area contributed by atoms with Gasteiger partial charge in [-0.3, -0.25) is 9.80 Å². The lowest BCUT2D eigenvalue weighted by Gasteiger charge is -2.48. The van der Waals surface area contributed by atoms with E-state index >= 15 is 0 Å². The molecule has 3 aromatic rings. The summed E-state index contributed by atoms with van der Waals surface area (Å²) in [5, 5.41) is 2.06. The minimum atomic E-state index is 0.163. The molecule has 1 unspecified atom stereocenters.